The lowest BCUT2D eigenvalue weighted by Crippen LogP contribution is -2.00. The Balaban J connectivity index is 3.10. The second kappa shape index (κ2) is 4.19. The van der Waals surface area contributed by atoms with Crippen LogP contribution in [0.4, 0.5) is 0 Å². The van der Waals surface area contributed by atoms with Gasteiger partial charge in [-0.15, -0.1) is 0 Å². The third-order valence-electron chi connectivity index (χ3n) is 1.69. The molecule has 5 heteroatoms. The number of ether oxygens (including phenoxy) is 1. The first-order chi connectivity index (χ1) is 6.54. The minimum atomic E-state index is -1.02. The van der Waals surface area contributed by atoms with Crippen molar-refractivity contribution in [3.05, 3.63) is 22.7 Å². The predicted molar refractivity (Wildman–Crippen MR) is 51.0 cm³/mol. The number of carbonyl (C=O) groups is 1. The lowest BCUT2D eigenvalue weighted by Gasteiger charge is -2.07. The van der Waals surface area contributed by atoms with E-state index < -0.39 is 5.97 Å². The number of carboxylic acids is 1. The van der Waals surface area contributed by atoms with Gasteiger partial charge in [-0.1, -0.05) is 11.6 Å². The van der Waals surface area contributed by atoms with Crippen molar-refractivity contribution in [2.45, 2.75) is 6.42 Å². The summed E-state index contributed by atoms with van der Waals surface area (Å²) in [5, 5.41) is 18.1. The first-order valence-corrected chi connectivity index (χ1v) is 4.19. The highest BCUT2D eigenvalue weighted by molar-refractivity contribution is 6.32. The van der Waals surface area contributed by atoms with Crippen LogP contribution in [0.1, 0.15) is 5.56 Å². The van der Waals surface area contributed by atoms with Crippen LogP contribution in [0.5, 0.6) is 11.5 Å². The molecule has 0 saturated carbocycles. The maximum Gasteiger partial charge on any atom is 0.307 e. The van der Waals surface area contributed by atoms with Gasteiger partial charge < -0.3 is 14.9 Å². The van der Waals surface area contributed by atoms with E-state index in [2.05, 4.69) is 0 Å². The van der Waals surface area contributed by atoms with E-state index in [0.717, 1.165) is 0 Å². The smallest absolute Gasteiger partial charge is 0.307 e. The van der Waals surface area contributed by atoms with Gasteiger partial charge in [0.1, 0.15) is 11.5 Å². The maximum absolute atomic E-state index is 10.4. The summed E-state index contributed by atoms with van der Waals surface area (Å²) in [5.74, 6) is -0.816. The molecule has 1 rings (SSSR count). The number of halogens is 1. The minimum absolute atomic E-state index is 0.141. The molecule has 0 radical (unpaired) electrons. The van der Waals surface area contributed by atoms with Gasteiger partial charge in [0, 0.05) is 11.6 Å². The molecule has 0 saturated heterocycles. The molecular formula is C9H9ClO4. The molecule has 4 nitrogen and oxygen atoms in total. The average molecular weight is 217 g/mol. The number of aliphatic carboxylic acids is 1. The summed E-state index contributed by atoms with van der Waals surface area (Å²) in [5.41, 5.74) is 0.277. The number of benzene rings is 1. The van der Waals surface area contributed by atoms with Gasteiger partial charge in [0.15, 0.2) is 0 Å². The Hall–Kier alpha value is -1.42. The van der Waals surface area contributed by atoms with E-state index in [1.54, 1.807) is 0 Å². The molecule has 0 atom stereocenters. The fourth-order valence-electron chi connectivity index (χ4n) is 1.05. The second-order valence-corrected chi connectivity index (χ2v) is 3.09. The molecule has 0 bridgehead atoms. The SMILES string of the molecule is COc1cc(CC(=O)O)c(O)cc1Cl. The molecule has 2 N–H and O–H groups in total. The van der Waals surface area contributed by atoms with Crippen molar-refractivity contribution in [1.82, 2.24) is 0 Å². The zero-order valence-corrected chi connectivity index (χ0v) is 8.21. The molecule has 0 spiro atoms. The molecule has 0 aliphatic carbocycles. The molecule has 0 aliphatic heterocycles. The first-order valence-electron chi connectivity index (χ1n) is 3.81. The van der Waals surface area contributed by atoms with Gasteiger partial charge in [-0.2, -0.15) is 0 Å². The maximum atomic E-state index is 10.4. The average Bonchev–Trinajstić information content (AvgIpc) is 2.09. The van der Waals surface area contributed by atoms with Crippen molar-refractivity contribution < 1.29 is 19.7 Å². The highest BCUT2D eigenvalue weighted by Gasteiger charge is 2.10. The van der Waals surface area contributed by atoms with Crippen LogP contribution >= 0.6 is 11.6 Å². The van der Waals surface area contributed by atoms with E-state index in [4.69, 9.17) is 21.4 Å². The van der Waals surface area contributed by atoms with Crippen LogP contribution in [0.3, 0.4) is 0 Å². The summed E-state index contributed by atoms with van der Waals surface area (Å²) in [7, 11) is 1.42. The monoisotopic (exact) mass is 216 g/mol. The number of phenolic OH excluding ortho intramolecular Hbond substituents is 1. The highest BCUT2D eigenvalue weighted by atomic mass is 35.5. The first kappa shape index (κ1) is 10.7. The number of carboxylic acid groups (broad SMARTS) is 1. The molecule has 0 fully saturated rings. The third-order valence-corrected chi connectivity index (χ3v) is 1.99. The zero-order chi connectivity index (χ0) is 10.7. The Kier molecular flexibility index (Phi) is 3.19. The van der Waals surface area contributed by atoms with Crippen LogP contribution in [0, 0.1) is 0 Å². The molecule has 14 heavy (non-hydrogen) atoms. The topological polar surface area (TPSA) is 66.8 Å². The number of phenols is 1. The van der Waals surface area contributed by atoms with Gasteiger partial charge >= 0.3 is 5.97 Å². The molecule has 0 aromatic heterocycles. The summed E-state index contributed by atoms with van der Waals surface area (Å²) in [4.78, 5) is 10.4. The number of hydrogen-bond acceptors (Lipinski definition) is 3. The lowest BCUT2D eigenvalue weighted by molar-refractivity contribution is -0.136. The van der Waals surface area contributed by atoms with Crippen molar-refractivity contribution >= 4 is 17.6 Å². The molecule has 0 unspecified atom stereocenters. The Morgan fingerprint density at radius 2 is 2.21 bits per heavy atom. The van der Waals surface area contributed by atoms with E-state index in [1.807, 2.05) is 0 Å². The molecule has 0 amide bonds. The standard InChI is InChI=1S/C9H9ClO4/c1-14-8-2-5(3-9(12)13)7(11)4-6(8)10/h2,4,11H,3H2,1H3,(H,12,13). The lowest BCUT2D eigenvalue weighted by atomic mass is 10.1. The molecule has 0 heterocycles. The van der Waals surface area contributed by atoms with Crippen molar-refractivity contribution in [1.29, 1.82) is 0 Å². The summed E-state index contributed by atoms with van der Waals surface area (Å²) >= 11 is 5.71. The van der Waals surface area contributed by atoms with Gasteiger partial charge in [0.25, 0.3) is 0 Å². The van der Waals surface area contributed by atoms with Crippen LogP contribution in [0.15, 0.2) is 12.1 Å². The highest BCUT2D eigenvalue weighted by Crippen LogP contribution is 2.31. The van der Waals surface area contributed by atoms with Crippen LogP contribution in [0.2, 0.25) is 5.02 Å². The molecule has 1 aromatic rings. The second-order valence-electron chi connectivity index (χ2n) is 2.69. The van der Waals surface area contributed by atoms with E-state index in [9.17, 15) is 9.90 Å². The number of methoxy groups -OCH3 is 1. The van der Waals surface area contributed by atoms with Gasteiger partial charge in [-0.05, 0) is 6.07 Å². The van der Waals surface area contributed by atoms with E-state index in [0.29, 0.717) is 5.75 Å². The van der Waals surface area contributed by atoms with Gasteiger partial charge in [0.2, 0.25) is 0 Å². The van der Waals surface area contributed by atoms with Crippen molar-refractivity contribution in [3.63, 3.8) is 0 Å². The van der Waals surface area contributed by atoms with Crippen molar-refractivity contribution in [3.8, 4) is 11.5 Å². The summed E-state index contributed by atoms with van der Waals surface area (Å²) in [6.07, 6.45) is -0.265. The fraction of sp³-hybridized carbons (Fsp3) is 0.222. The number of aromatic hydroxyl groups is 1. The number of rotatable bonds is 3. The van der Waals surface area contributed by atoms with E-state index in [-0.39, 0.29) is 22.8 Å². The van der Waals surface area contributed by atoms with Crippen molar-refractivity contribution in [2.75, 3.05) is 7.11 Å². The van der Waals surface area contributed by atoms with Crippen LogP contribution < -0.4 is 4.74 Å². The van der Waals surface area contributed by atoms with E-state index >= 15 is 0 Å². The Morgan fingerprint density at radius 3 is 2.71 bits per heavy atom. The van der Waals surface area contributed by atoms with Gasteiger partial charge in [-0.3, -0.25) is 4.79 Å². The van der Waals surface area contributed by atoms with Crippen LogP contribution in [-0.4, -0.2) is 23.3 Å². The zero-order valence-electron chi connectivity index (χ0n) is 7.45. The molecule has 76 valence electrons. The van der Waals surface area contributed by atoms with E-state index in [1.165, 1.54) is 19.2 Å². The molecular weight excluding hydrogens is 208 g/mol. The summed E-state index contributed by atoms with van der Waals surface area (Å²) in [6.45, 7) is 0. The van der Waals surface area contributed by atoms with Crippen LogP contribution in [-0.2, 0) is 11.2 Å². The summed E-state index contributed by atoms with van der Waals surface area (Å²) < 4.78 is 4.89. The van der Waals surface area contributed by atoms with Crippen molar-refractivity contribution in [2.24, 2.45) is 0 Å². The number of hydrogen-bond donors (Lipinski definition) is 2. The quantitative estimate of drug-likeness (QED) is 0.807. The molecule has 0 aliphatic rings. The Labute approximate surface area is 85.7 Å². The van der Waals surface area contributed by atoms with Crippen LogP contribution in [0.25, 0.3) is 0 Å². The largest absolute Gasteiger partial charge is 0.508 e. The fourth-order valence-corrected chi connectivity index (χ4v) is 1.28. The minimum Gasteiger partial charge on any atom is -0.508 e. The normalized spacial score (nSPS) is 9.86. The third kappa shape index (κ3) is 2.29. The van der Waals surface area contributed by atoms with Gasteiger partial charge in [-0.25, -0.2) is 0 Å². The summed E-state index contributed by atoms with van der Waals surface area (Å²) in [6, 6.07) is 2.67. The Bertz CT molecular complexity index is 362. The predicted octanol–water partition coefficient (Wildman–Crippen LogP) is 1.68. The Morgan fingerprint density at radius 1 is 1.57 bits per heavy atom. The van der Waals surface area contributed by atoms with Gasteiger partial charge in [0.05, 0.1) is 18.6 Å². The molecule has 1 aromatic carbocycles.